The van der Waals surface area contributed by atoms with Crippen molar-refractivity contribution in [3.63, 3.8) is 0 Å². The largest absolute Gasteiger partial charge is 0.273 e. The molecule has 2 rings (SSSR count). The fourth-order valence-electron chi connectivity index (χ4n) is 2.27. The number of aromatic nitrogens is 2. The minimum Gasteiger partial charge on any atom is -0.273 e. The molecule has 1 aromatic carbocycles. The summed E-state index contributed by atoms with van der Waals surface area (Å²) in [5.74, 6) is 0.277. The zero-order chi connectivity index (χ0) is 19.1. The number of nitriles is 1. The van der Waals surface area contributed by atoms with Gasteiger partial charge in [-0.05, 0) is 11.5 Å². The van der Waals surface area contributed by atoms with Gasteiger partial charge in [-0.2, -0.15) is 10.2 Å². The first-order valence-electron chi connectivity index (χ1n) is 7.92. The molecule has 0 bridgehead atoms. The second kappa shape index (κ2) is 8.53. The Morgan fingerprint density at radius 1 is 1.42 bits per heavy atom. The molecule has 0 aliphatic carbocycles. The van der Waals surface area contributed by atoms with Gasteiger partial charge < -0.3 is 0 Å². The molecule has 1 aromatic heterocycles. The number of nitro groups is 1. The van der Waals surface area contributed by atoms with E-state index in [0.717, 1.165) is 0 Å². The van der Waals surface area contributed by atoms with E-state index in [1.165, 1.54) is 24.4 Å². The Labute approximate surface area is 150 Å². The lowest BCUT2D eigenvalue weighted by Gasteiger charge is -2.26. The van der Waals surface area contributed by atoms with Crippen LogP contribution in [0.1, 0.15) is 25.2 Å². The van der Waals surface area contributed by atoms with Crippen molar-refractivity contribution in [2.24, 2.45) is 5.92 Å². The fourth-order valence-corrected chi connectivity index (χ4v) is 2.27. The molecule has 0 fully saturated rings. The minimum atomic E-state index is -0.503. The zero-order valence-electron chi connectivity index (χ0n) is 14.4. The van der Waals surface area contributed by atoms with Gasteiger partial charge in [0.15, 0.2) is 5.82 Å². The molecule has 9 nitrogen and oxygen atoms in total. The van der Waals surface area contributed by atoms with E-state index >= 15 is 0 Å². The van der Waals surface area contributed by atoms with Crippen molar-refractivity contribution < 1.29 is 9.72 Å². The molecular formula is C17H18N6O3. The summed E-state index contributed by atoms with van der Waals surface area (Å²) >= 11 is 0. The van der Waals surface area contributed by atoms with Crippen LogP contribution in [0.25, 0.3) is 0 Å². The summed E-state index contributed by atoms with van der Waals surface area (Å²) in [6, 6.07) is 9.38. The lowest BCUT2D eigenvalue weighted by molar-refractivity contribution is -0.384. The molecule has 0 atom stereocenters. The Morgan fingerprint density at radius 2 is 2.19 bits per heavy atom. The molecule has 0 aliphatic heterocycles. The molecule has 0 radical (unpaired) electrons. The molecule has 26 heavy (non-hydrogen) atoms. The van der Waals surface area contributed by atoms with Crippen LogP contribution in [0.2, 0.25) is 0 Å². The molecule has 2 aromatic rings. The molecule has 1 N–H and O–H groups in total. The van der Waals surface area contributed by atoms with Crippen molar-refractivity contribution in [1.82, 2.24) is 15.4 Å². The first-order valence-corrected chi connectivity index (χ1v) is 7.92. The predicted octanol–water partition coefficient (Wildman–Crippen LogP) is 1.99. The number of anilines is 1. The van der Waals surface area contributed by atoms with E-state index in [-0.39, 0.29) is 29.8 Å². The van der Waals surface area contributed by atoms with Crippen molar-refractivity contribution in [2.75, 3.05) is 11.6 Å². The van der Waals surface area contributed by atoms with Crippen LogP contribution in [0.15, 0.2) is 36.5 Å². The van der Waals surface area contributed by atoms with Gasteiger partial charge in [0, 0.05) is 30.9 Å². The van der Waals surface area contributed by atoms with Crippen LogP contribution in [0.5, 0.6) is 0 Å². The summed E-state index contributed by atoms with van der Waals surface area (Å²) in [5.41, 5.74) is 3.20. The van der Waals surface area contributed by atoms with Crippen LogP contribution in [-0.4, -0.2) is 27.3 Å². The number of nitrogens with one attached hydrogen (secondary N) is 1. The quantitative estimate of drug-likeness (QED) is 0.595. The van der Waals surface area contributed by atoms with Crippen molar-refractivity contribution in [2.45, 2.75) is 20.3 Å². The highest BCUT2D eigenvalue weighted by molar-refractivity contribution is 5.80. The van der Waals surface area contributed by atoms with E-state index in [0.29, 0.717) is 17.9 Å². The lowest BCUT2D eigenvalue weighted by atomic mass is 10.1. The molecule has 1 heterocycles. The standard InChI is InChI=1S/C17H18N6O3/c1-12(2)11-22(16-6-7-19-15(10-18)20-16)21-17(24)9-13-4-3-5-14(8-13)23(25)26/h3-8,12H,9,11H2,1-2H3,(H,21,24). The molecule has 1 amide bonds. The zero-order valence-corrected chi connectivity index (χ0v) is 14.4. The van der Waals surface area contributed by atoms with Crippen molar-refractivity contribution in [1.29, 1.82) is 5.26 Å². The van der Waals surface area contributed by atoms with Crippen LogP contribution in [0, 0.1) is 27.4 Å². The number of rotatable bonds is 7. The van der Waals surface area contributed by atoms with Gasteiger partial charge in [-0.15, -0.1) is 0 Å². The van der Waals surface area contributed by atoms with Crippen LogP contribution in [-0.2, 0) is 11.2 Å². The van der Waals surface area contributed by atoms with Crippen molar-refractivity contribution in [3.8, 4) is 6.07 Å². The third-order valence-electron chi connectivity index (χ3n) is 3.31. The first kappa shape index (κ1) is 18.8. The van der Waals surface area contributed by atoms with Gasteiger partial charge in [0.25, 0.3) is 5.69 Å². The molecule has 134 valence electrons. The average Bonchev–Trinajstić information content (AvgIpc) is 2.61. The van der Waals surface area contributed by atoms with Crippen LogP contribution in [0.4, 0.5) is 11.5 Å². The number of carbonyl (C=O) groups excluding carboxylic acids is 1. The molecule has 0 saturated heterocycles. The number of benzene rings is 1. The average molecular weight is 354 g/mol. The summed E-state index contributed by atoms with van der Waals surface area (Å²) in [4.78, 5) is 30.6. The summed E-state index contributed by atoms with van der Waals surface area (Å²) in [7, 11) is 0. The number of nitrogens with zero attached hydrogens (tertiary/aromatic N) is 5. The Hall–Kier alpha value is -3.54. The van der Waals surface area contributed by atoms with Crippen LogP contribution in [0.3, 0.4) is 0 Å². The van der Waals surface area contributed by atoms with Gasteiger partial charge in [0.05, 0.1) is 11.3 Å². The number of hydrazine groups is 1. The monoisotopic (exact) mass is 354 g/mol. The predicted molar refractivity (Wildman–Crippen MR) is 93.9 cm³/mol. The maximum Gasteiger partial charge on any atom is 0.269 e. The number of hydrogen-bond donors (Lipinski definition) is 1. The van der Waals surface area contributed by atoms with Crippen molar-refractivity contribution in [3.05, 3.63) is 58.0 Å². The third kappa shape index (κ3) is 5.24. The van der Waals surface area contributed by atoms with Gasteiger partial charge in [0.1, 0.15) is 6.07 Å². The highest BCUT2D eigenvalue weighted by Gasteiger charge is 2.15. The SMILES string of the molecule is CC(C)CN(NC(=O)Cc1cccc([N+](=O)[O-])c1)c1ccnc(C#N)n1. The second-order valence-corrected chi connectivity index (χ2v) is 5.99. The third-order valence-corrected chi connectivity index (χ3v) is 3.31. The normalized spacial score (nSPS) is 10.2. The van der Waals surface area contributed by atoms with E-state index < -0.39 is 4.92 Å². The first-order chi connectivity index (χ1) is 12.4. The number of non-ortho nitro benzene ring substituents is 1. The topological polar surface area (TPSA) is 125 Å². The highest BCUT2D eigenvalue weighted by Crippen LogP contribution is 2.14. The van der Waals surface area contributed by atoms with E-state index in [1.807, 2.05) is 19.9 Å². The molecule has 0 aliphatic rings. The summed E-state index contributed by atoms with van der Waals surface area (Å²) in [6.07, 6.45) is 1.42. The van der Waals surface area contributed by atoms with E-state index in [2.05, 4.69) is 15.4 Å². The Morgan fingerprint density at radius 3 is 2.85 bits per heavy atom. The van der Waals surface area contributed by atoms with Gasteiger partial charge in [-0.3, -0.25) is 25.3 Å². The lowest BCUT2D eigenvalue weighted by Crippen LogP contribution is -2.45. The summed E-state index contributed by atoms with van der Waals surface area (Å²) < 4.78 is 0. The number of nitro benzene ring substituents is 1. The highest BCUT2D eigenvalue weighted by atomic mass is 16.6. The fraction of sp³-hybridized carbons (Fsp3) is 0.294. The Balaban J connectivity index is 2.15. The van der Waals surface area contributed by atoms with Crippen LogP contribution < -0.4 is 10.4 Å². The van der Waals surface area contributed by atoms with Gasteiger partial charge in [-0.25, -0.2) is 4.98 Å². The van der Waals surface area contributed by atoms with Crippen LogP contribution >= 0.6 is 0 Å². The van der Waals surface area contributed by atoms with Gasteiger partial charge in [-0.1, -0.05) is 26.0 Å². The maximum absolute atomic E-state index is 12.4. The number of carbonyl (C=O) groups is 1. The summed E-state index contributed by atoms with van der Waals surface area (Å²) in [6.45, 7) is 4.43. The Bertz CT molecular complexity index is 846. The molecule has 0 spiro atoms. The second-order valence-electron chi connectivity index (χ2n) is 5.99. The van der Waals surface area contributed by atoms with E-state index in [9.17, 15) is 14.9 Å². The smallest absolute Gasteiger partial charge is 0.269 e. The molecule has 0 unspecified atom stereocenters. The molecular weight excluding hydrogens is 336 g/mol. The molecule has 0 saturated carbocycles. The summed E-state index contributed by atoms with van der Waals surface area (Å²) in [5, 5.41) is 21.3. The Kier molecular flexibility index (Phi) is 6.16. The molecule has 9 heteroatoms. The maximum atomic E-state index is 12.4. The minimum absolute atomic E-state index is 0.00388. The van der Waals surface area contributed by atoms with Crippen molar-refractivity contribution >= 4 is 17.4 Å². The van der Waals surface area contributed by atoms with Gasteiger partial charge >= 0.3 is 0 Å². The van der Waals surface area contributed by atoms with E-state index in [1.54, 1.807) is 17.1 Å². The number of hydrogen-bond acceptors (Lipinski definition) is 7. The number of amides is 1. The van der Waals surface area contributed by atoms with E-state index in [4.69, 9.17) is 5.26 Å². The van der Waals surface area contributed by atoms with Gasteiger partial charge in [0.2, 0.25) is 11.7 Å².